The molecule has 0 saturated carbocycles. The number of benzene rings is 2. The number of halogens is 1. The van der Waals surface area contributed by atoms with Crippen LogP contribution in [0.5, 0.6) is 0 Å². The maximum Gasteiger partial charge on any atom is 0.323 e. The van der Waals surface area contributed by atoms with Crippen LogP contribution in [0.15, 0.2) is 73.1 Å². The number of nitrogens with zero attached hydrogens (tertiary/aromatic N) is 1. The van der Waals surface area contributed by atoms with Crippen LogP contribution in [0.1, 0.15) is 11.1 Å². The van der Waals surface area contributed by atoms with Gasteiger partial charge >= 0.3 is 6.03 Å². The number of urea groups is 1. The maximum atomic E-state index is 12.8. The first-order valence-electron chi connectivity index (χ1n) is 7.50. The molecule has 120 valence electrons. The van der Waals surface area contributed by atoms with Gasteiger partial charge in [-0.15, -0.1) is 0 Å². The number of nitrogens with one attached hydrogen (secondary N) is 2. The Balaban J connectivity index is 1.57. The van der Waals surface area contributed by atoms with Crippen LogP contribution in [-0.2, 0) is 6.42 Å². The largest absolute Gasteiger partial charge is 0.323 e. The number of rotatable bonds is 4. The van der Waals surface area contributed by atoms with Gasteiger partial charge in [-0.2, -0.15) is 0 Å². The monoisotopic (exact) mass is 321 g/mol. The van der Waals surface area contributed by atoms with Crippen molar-refractivity contribution in [3.63, 3.8) is 0 Å². The summed E-state index contributed by atoms with van der Waals surface area (Å²) in [4.78, 5) is 15.9. The van der Waals surface area contributed by atoms with E-state index in [1.54, 1.807) is 12.4 Å². The minimum atomic E-state index is -0.372. The number of hydrogen-bond donors (Lipinski definition) is 2. The predicted molar refractivity (Wildman–Crippen MR) is 92.5 cm³/mol. The molecule has 3 rings (SSSR count). The van der Waals surface area contributed by atoms with Gasteiger partial charge in [-0.05, 0) is 66.1 Å². The molecule has 3 aromatic rings. The predicted octanol–water partition coefficient (Wildman–Crippen LogP) is 4.46. The van der Waals surface area contributed by atoms with Gasteiger partial charge in [-0.25, -0.2) is 9.18 Å². The van der Waals surface area contributed by atoms with E-state index >= 15 is 0 Å². The minimum absolute atomic E-state index is 0.342. The number of carbonyl (C=O) groups excluding carboxylic acids is 1. The van der Waals surface area contributed by atoms with Crippen LogP contribution >= 0.6 is 0 Å². The zero-order valence-corrected chi connectivity index (χ0v) is 12.9. The number of aromatic nitrogens is 1. The molecule has 0 spiro atoms. The fraction of sp³-hybridized carbons (Fsp3) is 0.0526. The highest BCUT2D eigenvalue weighted by Gasteiger charge is 2.03. The van der Waals surface area contributed by atoms with E-state index in [1.807, 2.05) is 36.4 Å². The number of pyridine rings is 1. The highest BCUT2D eigenvalue weighted by molar-refractivity contribution is 5.99. The van der Waals surface area contributed by atoms with Crippen molar-refractivity contribution in [1.82, 2.24) is 4.98 Å². The smallest absolute Gasteiger partial charge is 0.308 e. The molecule has 4 nitrogen and oxygen atoms in total. The van der Waals surface area contributed by atoms with Gasteiger partial charge in [-0.3, -0.25) is 4.98 Å². The molecular weight excluding hydrogens is 305 g/mol. The molecule has 1 aromatic heterocycles. The summed E-state index contributed by atoms with van der Waals surface area (Å²) >= 11 is 0. The summed E-state index contributed by atoms with van der Waals surface area (Å²) in [6.45, 7) is 0. The van der Waals surface area contributed by atoms with Crippen molar-refractivity contribution in [3.05, 3.63) is 90.0 Å². The van der Waals surface area contributed by atoms with E-state index in [4.69, 9.17) is 0 Å². The molecule has 2 amide bonds. The van der Waals surface area contributed by atoms with Crippen LogP contribution < -0.4 is 10.6 Å². The number of amides is 2. The second-order valence-electron chi connectivity index (χ2n) is 5.32. The van der Waals surface area contributed by atoms with Crippen molar-refractivity contribution in [1.29, 1.82) is 0 Å². The van der Waals surface area contributed by atoms with Gasteiger partial charge in [0.15, 0.2) is 0 Å². The first-order chi connectivity index (χ1) is 11.7. The van der Waals surface area contributed by atoms with E-state index in [0.29, 0.717) is 11.4 Å². The average Bonchev–Trinajstić information content (AvgIpc) is 2.60. The van der Waals surface area contributed by atoms with Gasteiger partial charge in [0, 0.05) is 23.8 Å². The van der Waals surface area contributed by atoms with Gasteiger partial charge < -0.3 is 10.6 Å². The van der Waals surface area contributed by atoms with Gasteiger partial charge in [0.05, 0.1) is 0 Å². The number of carbonyl (C=O) groups is 1. The summed E-state index contributed by atoms with van der Waals surface area (Å²) in [6, 6.07) is 16.8. The summed E-state index contributed by atoms with van der Waals surface area (Å²) in [5.74, 6) is -0.342. The Bertz CT molecular complexity index is 802. The van der Waals surface area contributed by atoms with Crippen LogP contribution in [0.4, 0.5) is 20.6 Å². The van der Waals surface area contributed by atoms with Crippen LogP contribution in [-0.4, -0.2) is 11.0 Å². The lowest BCUT2D eigenvalue weighted by Crippen LogP contribution is -2.19. The number of hydrogen-bond acceptors (Lipinski definition) is 2. The molecule has 0 unspecified atom stereocenters. The molecule has 0 saturated heterocycles. The topological polar surface area (TPSA) is 54.0 Å². The van der Waals surface area contributed by atoms with Crippen LogP contribution in [0.3, 0.4) is 0 Å². The molecule has 1 heterocycles. The Hall–Kier alpha value is -3.21. The molecule has 5 heteroatoms. The Labute approximate surface area is 139 Å². The molecule has 24 heavy (non-hydrogen) atoms. The molecule has 0 bridgehead atoms. The summed E-state index contributed by atoms with van der Waals surface area (Å²) in [6.07, 6.45) is 4.35. The summed E-state index contributed by atoms with van der Waals surface area (Å²) in [7, 11) is 0. The van der Waals surface area contributed by atoms with E-state index in [-0.39, 0.29) is 11.8 Å². The van der Waals surface area contributed by atoms with Gasteiger partial charge in [0.25, 0.3) is 0 Å². The maximum absolute atomic E-state index is 12.8. The van der Waals surface area contributed by atoms with E-state index in [2.05, 4.69) is 15.6 Å². The molecule has 2 aromatic carbocycles. The summed E-state index contributed by atoms with van der Waals surface area (Å²) in [5, 5.41) is 5.39. The van der Waals surface area contributed by atoms with Crippen molar-refractivity contribution in [2.24, 2.45) is 0 Å². The molecule has 0 aliphatic carbocycles. The standard InChI is InChI=1S/C19H16FN3O/c20-16-3-7-18(8-4-16)23-19(24)22-17-5-1-14(2-6-17)13-15-9-11-21-12-10-15/h1-12H,13H2,(H2,22,23,24). The van der Waals surface area contributed by atoms with Crippen molar-refractivity contribution < 1.29 is 9.18 Å². The third-order valence-corrected chi connectivity index (χ3v) is 3.47. The van der Waals surface area contributed by atoms with Crippen molar-refractivity contribution in [3.8, 4) is 0 Å². The zero-order valence-electron chi connectivity index (χ0n) is 12.9. The quantitative estimate of drug-likeness (QED) is 0.745. The Morgan fingerprint density at radius 3 is 1.88 bits per heavy atom. The Morgan fingerprint density at radius 1 is 0.792 bits per heavy atom. The zero-order chi connectivity index (χ0) is 16.8. The lowest BCUT2D eigenvalue weighted by atomic mass is 10.1. The molecule has 0 fully saturated rings. The molecule has 0 atom stereocenters. The van der Waals surface area contributed by atoms with Crippen LogP contribution in [0, 0.1) is 5.82 Å². The van der Waals surface area contributed by atoms with E-state index in [1.165, 1.54) is 29.8 Å². The van der Waals surface area contributed by atoms with E-state index < -0.39 is 0 Å². The summed E-state index contributed by atoms with van der Waals surface area (Å²) in [5.41, 5.74) is 3.54. The fourth-order valence-electron chi connectivity index (χ4n) is 2.27. The average molecular weight is 321 g/mol. The normalized spacial score (nSPS) is 10.2. The van der Waals surface area contributed by atoms with Crippen molar-refractivity contribution in [2.75, 3.05) is 10.6 Å². The second-order valence-corrected chi connectivity index (χ2v) is 5.32. The first kappa shape index (κ1) is 15.7. The molecule has 2 N–H and O–H groups in total. The lowest BCUT2D eigenvalue weighted by Gasteiger charge is -2.08. The molecule has 0 radical (unpaired) electrons. The van der Waals surface area contributed by atoms with Crippen molar-refractivity contribution in [2.45, 2.75) is 6.42 Å². The lowest BCUT2D eigenvalue weighted by molar-refractivity contribution is 0.262. The molecule has 0 aliphatic rings. The SMILES string of the molecule is O=C(Nc1ccc(F)cc1)Nc1ccc(Cc2ccncc2)cc1. The third-order valence-electron chi connectivity index (χ3n) is 3.47. The van der Waals surface area contributed by atoms with E-state index in [0.717, 1.165) is 12.0 Å². The number of anilines is 2. The van der Waals surface area contributed by atoms with Gasteiger partial charge in [0.2, 0.25) is 0 Å². The first-order valence-corrected chi connectivity index (χ1v) is 7.50. The fourth-order valence-corrected chi connectivity index (χ4v) is 2.27. The Kier molecular flexibility index (Phi) is 4.81. The third kappa shape index (κ3) is 4.39. The van der Waals surface area contributed by atoms with Crippen molar-refractivity contribution >= 4 is 17.4 Å². The van der Waals surface area contributed by atoms with Crippen LogP contribution in [0.2, 0.25) is 0 Å². The van der Waals surface area contributed by atoms with Gasteiger partial charge in [-0.1, -0.05) is 12.1 Å². The summed E-state index contributed by atoms with van der Waals surface area (Å²) < 4.78 is 12.8. The van der Waals surface area contributed by atoms with Crippen LogP contribution in [0.25, 0.3) is 0 Å². The molecular formula is C19H16FN3O. The highest BCUT2D eigenvalue weighted by atomic mass is 19.1. The second kappa shape index (κ2) is 7.37. The minimum Gasteiger partial charge on any atom is -0.308 e. The highest BCUT2D eigenvalue weighted by Crippen LogP contribution is 2.14. The van der Waals surface area contributed by atoms with Gasteiger partial charge in [0.1, 0.15) is 5.82 Å². The molecule has 0 aliphatic heterocycles. The van der Waals surface area contributed by atoms with E-state index in [9.17, 15) is 9.18 Å². The Morgan fingerprint density at radius 2 is 1.29 bits per heavy atom.